The van der Waals surface area contributed by atoms with E-state index in [1.807, 2.05) is 0 Å². The smallest absolute Gasteiger partial charge is 0.294 e. The Bertz CT molecular complexity index is 1200. The summed E-state index contributed by atoms with van der Waals surface area (Å²) in [5, 5.41) is 14.5. The highest BCUT2D eigenvalue weighted by Gasteiger charge is 2.19. The zero-order valence-corrected chi connectivity index (χ0v) is 19.4. The summed E-state index contributed by atoms with van der Waals surface area (Å²) in [6.45, 7) is 0.324. The van der Waals surface area contributed by atoms with Crippen molar-refractivity contribution in [2.45, 2.75) is 57.7 Å². The topological polar surface area (TPSA) is 125 Å². The molecule has 0 saturated heterocycles. The molecule has 2 saturated carbocycles. The highest BCUT2D eigenvalue weighted by Crippen LogP contribution is 2.27. The molecule has 0 aliphatic heterocycles. The van der Waals surface area contributed by atoms with Crippen molar-refractivity contribution in [1.29, 1.82) is 0 Å². The first-order valence-electron chi connectivity index (χ1n) is 11.5. The molecular weight excluding hydrogens is 463 g/mol. The van der Waals surface area contributed by atoms with Crippen molar-refractivity contribution in [2.24, 2.45) is 5.92 Å². The molecule has 3 heterocycles. The Labute approximate surface area is 200 Å². The van der Waals surface area contributed by atoms with E-state index in [-0.39, 0.29) is 30.1 Å². The highest BCUT2D eigenvalue weighted by molar-refractivity contribution is 6.29. The molecule has 34 heavy (non-hydrogen) atoms. The lowest BCUT2D eigenvalue weighted by molar-refractivity contribution is -0.121. The molecule has 0 aromatic carbocycles. The molecule has 11 heteroatoms. The SMILES string of the molecule is O=C(Cn1c(Cl)cnc(NC2CCCC2)c1=O)NCc1cnc2[nH]cc(F)c2c1.OCC1CC1. The Balaban J connectivity index is 0.000000486. The number of halogens is 2. The lowest BCUT2D eigenvalue weighted by Gasteiger charge is -2.14. The van der Waals surface area contributed by atoms with Gasteiger partial charge in [0.1, 0.15) is 23.2 Å². The Morgan fingerprint density at radius 3 is 2.68 bits per heavy atom. The summed E-state index contributed by atoms with van der Waals surface area (Å²) in [6, 6.07) is 1.83. The van der Waals surface area contributed by atoms with Gasteiger partial charge in [-0.05, 0) is 43.2 Å². The van der Waals surface area contributed by atoms with Gasteiger partial charge in [-0.1, -0.05) is 24.4 Å². The number of aliphatic hydroxyl groups is 1. The number of rotatable bonds is 7. The van der Waals surface area contributed by atoms with Crippen molar-refractivity contribution in [3.8, 4) is 0 Å². The monoisotopic (exact) mass is 490 g/mol. The summed E-state index contributed by atoms with van der Waals surface area (Å²) in [4.78, 5) is 35.9. The van der Waals surface area contributed by atoms with Crippen molar-refractivity contribution < 1.29 is 14.3 Å². The molecule has 2 aliphatic carbocycles. The van der Waals surface area contributed by atoms with Crippen LogP contribution in [0.2, 0.25) is 5.15 Å². The Kier molecular flexibility index (Phi) is 7.79. The largest absolute Gasteiger partial charge is 0.396 e. The second-order valence-electron chi connectivity index (χ2n) is 8.73. The third kappa shape index (κ3) is 6.12. The van der Waals surface area contributed by atoms with E-state index in [1.165, 1.54) is 29.8 Å². The highest BCUT2D eigenvalue weighted by atomic mass is 35.5. The fraction of sp³-hybridized carbons (Fsp3) is 0.478. The molecule has 3 aromatic heterocycles. The van der Waals surface area contributed by atoms with E-state index in [2.05, 4.69) is 25.6 Å². The third-order valence-corrected chi connectivity index (χ3v) is 6.29. The molecule has 0 atom stereocenters. The fourth-order valence-corrected chi connectivity index (χ4v) is 3.97. The summed E-state index contributed by atoms with van der Waals surface area (Å²) >= 11 is 6.09. The van der Waals surface area contributed by atoms with Crippen molar-refractivity contribution in [3.63, 3.8) is 0 Å². The summed E-state index contributed by atoms with van der Waals surface area (Å²) in [6.07, 6.45) is 10.9. The number of aromatic nitrogens is 4. The number of fused-ring (bicyclic) bond motifs is 1. The summed E-state index contributed by atoms with van der Waals surface area (Å²) < 4.78 is 14.8. The molecular formula is C23H28ClFN6O3. The zero-order chi connectivity index (χ0) is 24.1. The van der Waals surface area contributed by atoms with Crippen molar-refractivity contribution in [3.05, 3.63) is 51.5 Å². The number of nitrogens with zero attached hydrogens (tertiary/aromatic N) is 3. The number of hydrogen-bond acceptors (Lipinski definition) is 6. The van der Waals surface area contributed by atoms with Crippen LogP contribution in [-0.4, -0.2) is 43.2 Å². The number of hydrogen-bond donors (Lipinski definition) is 4. The third-order valence-electron chi connectivity index (χ3n) is 5.99. The van der Waals surface area contributed by atoms with Crippen molar-refractivity contribution >= 4 is 34.4 Å². The minimum Gasteiger partial charge on any atom is -0.396 e. The zero-order valence-electron chi connectivity index (χ0n) is 18.7. The van der Waals surface area contributed by atoms with Crippen LogP contribution in [0.15, 0.2) is 29.5 Å². The van der Waals surface area contributed by atoms with E-state index in [1.54, 1.807) is 12.3 Å². The van der Waals surface area contributed by atoms with Crippen molar-refractivity contribution in [1.82, 2.24) is 24.8 Å². The average Bonchev–Trinajstić information content (AvgIpc) is 3.43. The second-order valence-corrected chi connectivity index (χ2v) is 9.11. The lowest BCUT2D eigenvalue weighted by Crippen LogP contribution is -2.34. The van der Waals surface area contributed by atoms with Gasteiger partial charge in [0.25, 0.3) is 5.56 Å². The molecule has 0 spiro atoms. The summed E-state index contributed by atoms with van der Waals surface area (Å²) in [5.41, 5.74) is 0.646. The van der Waals surface area contributed by atoms with Crippen molar-refractivity contribution in [2.75, 3.05) is 11.9 Å². The molecule has 0 bridgehead atoms. The number of aliphatic hydroxyl groups excluding tert-OH is 1. The quantitative estimate of drug-likeness (QED) is 0.403. The van der Waals surface area contributed by atoms with Crippen LogP contribution >= 0.6 is 11.6 Å². The molecule has 2 aliphatic rings. The van der Waals surface area contributed by atoms with E-state index in [0.717, 1.165) is 25.7 Å². The average molecular weight is 491 g/mol. The molecule has 1 amide bonds. The van der Waals surface area contributed by atoms with Gasteiger partial charge in [-0.25, -0.2) is 14.4 Å². The number of anilines is 1. The number of nitrogens with one attached hydrogen (secondary N) is 3. The Morgan fingerprint density at radius 2 is 2.00 bits per heavy atom. The minimum atomic E-state index is -0.433. The van der Waals surface area contributed by atoms with Gasteiger partial charge in [0.15, 0.2) is 5.82 Å². The second kappa shape index (κ2) is 11.0. The standard InChI is InChI=1S/C19H20ClFN6O2.C4H8O/c20-15-9-25-18(26-12-3-1-2-4-12)19(29)27(15)10-16(28)22-6-11-5-13-14(21)8-24-17(13)23-7-11;5-3-4-1-2-4/h5,7-9,12H,1-4,6,10H2,(H,22,28)(H,23,24)(H,25,26);4-5H,1-3H2. The Hall–Kier alpha value is -2.98. The number of amides is 1. The molecule has 4 N–H and O–H groups in total. The first-order valence-corrected chi connectivity index (χ1v) is 11.8. The van der Waals surface area contributed by atoms with Gasteiger partial charge in [-0.15, -0.1) is 0 Å². The van der Waals surface area contributed by atoms with Gasteiger partial charge in [0, 0.05) is 31.6 Å². The first-order chi connectivity index (χ1) is 16.4. The molecule has 182 valence electrons. The predicted molar refractivity (Wildman–Crippen MR) is 127 cm³/mol. The van der Waals surface area contributed by atoms with E-state index >= 15 is 0 Å². The maximum atomic E-state index is 13.7. The van der Waals surface area contributed by atoms with Crippen LogP contribution in [-0.2, 0) is 17.9 Å². The van der Waals surface area contributed by atoms with E-state index in [4.69, 9.17) is 16.7 Å². The number of carbonyl (C=O) groups excluding carboxylic acids is 1. The van der Waals surface area contributed by atoms with Gasteiger partial charge in [-0.2, -0.15) is 0 Å². The van der Waals surface area contributed by atoms with E-state index in [9.17, 15) is 14.0 Å². The van der Waals surface area contributed by atoms with E-state index < -0.39 is 17.3 Å². The van der Waals surface area contributed by atoms with Crippen LogP contribution in [0.5, 0.6) is 0 Å². The molecule has 9 nitrogen and oxygen atoms in total. The number of carbonyl (C=O) groups is 1. The first kappa shape index (κ1) is 24.2. The molecule has 5 rings (SSSR count). The number of H-pyrrole nitrogens is 1. The molecule has 2 fully saturated rings. The van der Waals surface area contributed by atoms with Crippen LogP contribution in [0.25, 0.3) is 11.0 Å². The maximum Gasteiger partial charge on any atom is 0.294 e. The molecule has 0 radical (unpaired) electrons. The Morgan fingerprint density at radius 1 is 1.24 bits per heavy atom. The molecule has 3 aromatic rings. The van der Waals surface area contributed by atoms with Gasteiger partial charge in [-0.3, -0.25) is 14.2 Å². The summed E-state index contributed by atoms with van der Waals surface area (Å²) in [7, 11) is 0. The predicted octanol–water partition coefficient (Wildman–Crippen LogP) is 2.97. The van der Waals surface area contributed by atoms with Crippen LogP contribution in [0.3, 0.4) is 0 Å². The van der Waals surface area contributed by atoms with Gasteiger partial charge < -0.3 is 20.7 Å². The molecule has 0 unspecified atom stereocenters. The fourth-order valence-electron chi connectivity index (χ4n) is 3.79. The van der Waals surface area contributed by atoms with Gasteiger partial charge in [0.05, 0.1) is 11.6 Å². The van der Waals surface area contributed by atoms with Crippen LogP contribution in [0.4, 0.5) is 10.2 Å². The number of pyridine rings is 1. The summed E-state index contributed by atoms with van der Waals surface area (Å²) in [5.74, 6) is 0.0847. The van der Waals surface area contributed by atoms with E-state index in [0.29, 0.717) is 29.1 Å². The lowest BCUT2D eigenvalue weighted by atomic mass is 10.2. The number of aromatic amines is 1. The van der Waals surface area contributed by atoms with Gasteiger partial charge >= 0.3 is 0 Å². The normalized spacial score (nSPS) is 15.7. The maximum absolute atomic E-state index is 13.7. The van der Waals surface area contributed by atoms with Crippen LogP contribution in [0, 0.1) is 11.7 Å². The van der Waals surface area contributed by atoms with Crippen LogP contribution in [0.1, 0.15) is 44.1 Å². The minimum absolute atomic E-state index is 0.0830. The van der Waals surface area contributed by atoms with Crippen LogP contribution < -0.4 is 16.2 Å². The van der Waals surface area contributed by atoms with Gasteiger partial charge in [0.2, 0.25) is 5.91 Å².